The summed E-state index contributed by atoms with van der Waals surface area (Å²) in [4.78, 5) is 8.51. The summed E-state index contributed by atoms with van der Waals surface area (Å²) in [6.45, 7) is 2.29. The molecular weight excluding hydrogens is 431 g/mol. The van der Waals surface area contributed by atoms with E-state index in [0.29, 0.717) is 32.2 Å². The predicted octanol–water partition coefficient (Wildman–Crippen LogP) is 2.59. The first-order valence-corrected chi connectivity index (χ1v) is 7.87. The number of methoxy groups -OCH3 is 1. The second-order valence-corrected chi connectivity index (χ2v) is 5.07. The summed E-state index contributed by atoms with van der Waals surface area (Å²) < 4.78 is 10.6. The molecule has 0 fully saturated rings. The van der Waals surface area contributed by atoms with E-state index in [0.717, 1.165) is 11.5 Å². The van der Waals surface area contributed by atoms with E-state index in [1.807, 2.05) is 30.3 Å². The van der Waals surface area contributed by atoms with Gasteiger partial charge in [0.1, 0.15) is 6.61 Å². The van der Waals surface area contributed by atoms with Crippen molar-refractivity contribution in [2.45, 2.75) is 13.1 Å². The van der Waals surface area contributed by atoms with Gasteiger partial charge in [0.15, 0.2) is 5.96 Å². The maximum absolute atomic E-state index is 5.64. The van der Waals surface area contributed by atoms with Crippen LogP contribution in [0.4, 0.5) is 0 Å². The Bertz CT molecular complexity index is 638. The van der Waals surface area contributed by atoms with Crippen LogP contribution in [0.3, 0.4) is 0 Å². The van der Waals surface area contributed by atoms with E-state index in [2.05, 4.69) is 32.7 Å². The van der Waals surface area contributed by atoms with Gasteiger partial charge < -0.3 is 20.1 Å². The molecule has 2 N–H and O–H groups in total. The Balaban J connectivity index is 0.00000312. The molecule has 0 bridgehead atoms. The van der Waals surface area contributed by atoms with Crippen LogP contribution in [-0.2, 0) is 17.8 Å². The van der Waals surface area contributed by atoms with Crippen molar-refractivity contribution in [3.05, 3.63) is 59.8 Å². The van der Waals surface area contributed by atoms with Crippen molar-refractivity contribution >= 4 is 29.9 Å². The van der Waals surface area contributed by atoms with Crippen LogP contribution in [0.5, 0.6) is 5.88 Å². The van der Waals surface area contributed by atoms with E-state index in [4.69, 9.17) is 9.47 Å². The normalized spacial score (nSPS) is 10.7. The van der Waals surface area contributed by atoms with Gasteiger partial charge in [0, 0.05) is 39.0 Å². The molecule has 0 atom stereocenters. The van der Waals surface area contributed by atoms with Crippen molar-refractivity contribution in [1.29, 1.82) is 0 Å². The molecule has 0 aliphatic carbocycles. The number of nitrogens with zero attached hydrogens (tertiary/aromatic N) is 2. The van der Waals surface area contributed by atoms with Crippen LogP contribution in [0.2, 0.25) is 0 Å². The Morgan fingerprint density at radius 2 is 1.80 bits per heavy atom. The molecular formula is C18H25IN4O2. The molecule has 7 heteroatoms. The van der Waals surface area contributed by atoms with Crippen LogP contribution in [0.25, 0.3) is 0 Å². The van der Waals surface area contributed by atoms with Gasteiger partial charge in [-0.05, 0) is 11.6 Å². The average Bonchev–Trinajstić information content (AvgIpc) is 2.64. The lowest BCUT2D eigenvalue weighted by molar-refractivity contribution is 0.143. The molecule has 136 valence electrons. The zero-order chi connectivity index (χ0) is 17.0. The molecule has 1 aromatic carbocycles. The zero-order valence-electron chi connectivity index (χ0n) is 14.6. The molecule has 0 radical (unpaired) electrons. The molecule has 1 heterocycles. The molecule has 0 aliphatic rings. The fraction of sp³-hybridized carbons (Fsp3) is 0.333. The molecule has 0 aliphatic heterocycles. The molecule has 25 heavy (non-hydrogen) atoms. The van der Waals surface area contributed by atoms with Gasteiger partial charge in [0.25, 0.3) is 0 Å². The highest BCUT2D eigenvalue weighted by Crippen LogP contribution is 2.13. The van der Waals surface area contributed by atoms with E-state index in [1.165, 1.54) is 5.56 Å². The summed E-state index contributed by atoms with van der Waals surface area (Å²) in [7, 11) is 3.40. The van der Waals surface area contributed by atoms with Crippen LogP contribution in [0.15, 0.2) is 53.7 Å². The molecule has 0 unspecified atom stereocenters. The van der Waals surface area contributed by atoms with Gasteiger partial charge in [-0.25, -0.2) is 4.98 Å². The number of hydrogen-bond acceptors (Lipinski definition) is 4. The second kappa shape index (κ2) is 12.5. The Kier molecular flexibility index (Phi) is 10.6. The highest BCUT2D eigenvalue weighted by Gasteiger charge is 2.06. The molecule has 1 aromatic heterocycles. The van der Waals surface area contributed by atoms with Gasteiger partial charge in [-0.2, -0.15) is 0 Å². The lowest BCUT2D eigenvalue weighted by Gasteiger charge is -2.14. The number of guanidine groups is 1. The Morgan fingerprint density at radius 1 is 1.04 bits per heavy atom. The molecule has 2 rings (SSSR count). The quantitative estimate of drug-likeness (QED) is 0.277. The first-order chi connectivity index (χ1) is 11.8. The van der Waals surface area contributed by atoms with E-state index < -0.39 is 0 Å². The number of benzene rings is 1. The SMILES string of the molecule is CN=C(NCc1ccccc1)NCc1cccnc1OCCOC.I. The van der Waals surface area contributed by atoms with Gasteiger partial charge in [-0.3, -0.25) is 4.99 Å². The van der Waals surface area contributed by atoms with Crippen molar-refractivity contribution < 1.29 is 9.47 Å². The topological polar surface area (TPSA) is 67.8 Å². The van der Waals surface area contributed by atoms with Crippen LogP contribution in [0.1, 0.15) is 11.1 Å². The van der Waals surface area contributed by atoms with Crippen molar-refractivity contribution in [1.82, 2.24) is 15.6 Å². The standard InChI is InChI=1S/C18H24N4O2.HI/c1-19-18(21-13-15-7-4-3-5-8-15)22-14-16-9-6-10-20-17(16)24-12-11-23-2;/h3-10H,11-14H2,1-2H3,(H2,19,21,22);1H. The van der Waals surface area contributed by atoms with Crippen molar-refractivity contribution in [2.24, 2.45) is 4.99 Å². The van der Waals surface area contributed by atoms with Crippen LogP contribution >= 0.6 is 24.0 Å². The third-order valence-corrected chi connectivity index (χ3v) is 3.35. The Labute approximate surface area is 166 Å². The summed E-state index contributed by atoms with van der Waals surface area (Å²) in [5.74, 6) is 1.34. The third-order valence-electron chi connectivity index (χ3n) is 3.35. The Hall–Kier alpha value is -1.87. The molecule has 0 saturated heterocycles. The fourth-order valence-corrected chi connectivity index (χ4v) is 2.09. The van der Waals surface area contributed by atoms with E-state index in [9.17, 15) is 0 Å². The highest BCUT2D eigenvalue weighted by molar-refractivity contribution is 14.0. The van der Waals surface area contributed by atoms with Gasteiger partial charge >= 0.3 is 0 Å². The molecule has 0 amide bonds. The predicted molar refractivity (Wildman–Crippen MR) is 111 cm³/mol. The maximum Gasteiger partial charge on any atom is 0.218 e. The molecule has 0 saturated carbocycles. The van der Waals surface area contributed by atoms with Crippen molar-refractivity contribution in [3.8, 4) is 5.88 Å². The summed E-state index contributed by atoms with van der Waals surface area (Å²) in [5, 5.41) is 6.56. The maximum atomic E-state index is 5.64. The molecule has 0 spiro atoms. The van der Waals surface area contributed by atoms with E-state index in [-0.39, 0.29) is 24.0 Å². The number of rotatable bonds is 8. The highest BCUT2D eigenvalue weighted by atomic mass is 127. The third kappa shape index (κ3) is 7.70. The number of hydrogen-bond donors (Lipinski definition) is 2. The summed E-state index contributed by atoms with van der Waals surface area (Å²) in [5.41, 5.74) is 2.17. The van der Waals surface area contributed by atoms with Gasteiger partial charge in [-0.15, -0.1) is 24.0 Å². The lowest BCUT2D eigenvalue weighted by atomic mass is 10.2. The number of aliphatic imine (C=N–C) groups is 1. The summed E-state index contributed by atoms with van der Waals surface area (Å²) in [6, 6.07) is 14.1. The minimum atomic E-state index is 0. The number of ether oxygens (including phenoxy) is 2. The van der Waals surface area contributed by atoms with Gasteiger partial charge in [-0.1, -0.05) is 36.4 Å². The first kappa shape index (κ1) is 21.2. The largest absolute Gasteiger partial charge is 0.475 e. The van der Waals surface area contributed by atoms with Crippen molar-refractivity contribution in [2.75, 3.05) is 27.4 Å². The summed E-state index contributed by atoms with van der Waals surface area (Å²) >= 11 is 0. The van der Waals surface area contributed by atoms with Crippen molar-refractivity contribution in [3.63, 3.8) is 0 Å². The van der Waals surface area contributed by atoms with Gasteiger partial charge in [0.05, 0.1) is 6.61 Å². The average molecular weight is 456 g/mol. The fourth-order valence-electron chi connectivity index (χ4n) is 2.09. The van der Waals surface area contributed by atoms with E-state index >= 15 is 0 Å². The van der Waals surface area contributed by atoms with Crippen LogP contribution < -0.4 is 15.4 Å². The minimum Gasteiger partial charge on any atom is -0.475 e. The lowest BCUT2D eigenvalue weighted by Crippen LogP contribution is -2.36. The van der Waals surface area contributed by atoms with Crippen LogP contribution in [0, 0.1) is 0 Å². The number of nitrogens with one attached hydrogen (secondary N) is 2. The second-order valence-electron chi connectivity index (χ2n) is 5.07. The smallest absolute Gasteiger partial charge is 0.218 e. The molecule has 2 aromatic rings. The number of halogens is 1. The first-order valence-electron chi connectivity index (χ1n) is 7.87. The summed E-state index contributed by atoms with van der Waals surface area (Å²) in [6.07, 6.45) is 1.72. The molecule has 6 nitrogen and oxygen atoms in total. The van der Waals surface area contributed by atoms with E-state index in [1.54, 1.807) is 20.4 Å². The monoisotopic (exact) mass is 456 g/mol. The zero-order valence-corrected chi connectivity index (χ0v) is 16.9. The number of pyridine rings is 1. The van der Waals surface area contributed by atoms with Gasteiger partial charge in [0.2, 0.25) is 5.88 Å². The minimum absolute atomic E-state index is 0. The Morgan fingerprint density at radius 3 is 2.52 bits per heavy atom. The van der Waals surface area contributed by atoms with Crippen LogP contribution in [-0.4, -0.2) is 38.3 Å². The number of aromatic nitrogens is 1.